The quantitative estimate of drug-likeness (QED) is 0.808. The Labute approximate surface area is 96.1 Å². The van der Waals surface area contributed by atoms with Crippen LogP contribution in [0, 0.1) is 0 Å². The van der Waals surface area contributed by atoms with Gasteiger partial charge in [0, 0.05) is 32.1 Å². The number of nitrogens with zero attached hydrogens (tertiary/aromatic N) is 3. The minimum absolute atomic E-state index is 0.688. The van der Waals surface area contributed by atoms with E-state index in [0.717, 1.165) is 26.2 Å². The fourth-order valence-corrected chi connectivity index (χ4v) is 2.48. The van der Waals surface area contributed by atoms with Crippen LogP contribution in [-0.2, 0) is 0 Å². The van der Waals surface area contributed by atoms with Gasteiger partial charge in [0.1, 0.15) is 6.33 Å². The lowest BCUT2D eigenvalue weighted by Gasteiger charge is -2.33. The highest BCUT2D eigenvalue weighted by atomic mass is 15.2. The van der Waals surface area contributed by atoms with Crippen molar-refractivity contribution in [1.82, 2.24) is 15.3 Å². The predicted octanol–water partition coefficient (Wildman–Crippen LogP) is 1.15. The van der Waals surface area contributed by atoms with Crippen molar-refractivity contribution in [3.63, 3.8) is 0 Å². The first-order valence-corrected chi connectivity index (χ1v) is 6.21. The van der Waals surface area contributed by atoms with Crippen molar-refractivity contribution < 1.29 is 0 Å². The van der Waals surface area contributed by atoms with Gasteiger partial charge in [0.15, 0.2) is 0 Å². The molecule has 1 N–H and O–H groups in total. The molecule has 4 heteroatoms. The molecule has 4 nitrogen and oxygen atoms in total. The largest absolute Gasteiger partial charge is 0.366 e. The van der Waals surface area contributed by atoms with Crippen LogP contribution in [0.2, 0.25) is 0 Å². The maximum Gasteiger partial charge on any atom is 0.115 e. The van der Waals surface area contributed by atoms with E-state index in [0.29, 0.717) is 5.92 Å². The van der Waals surface area contributed by atoms with Gasteiger partial charge < -0.3 is 10.2 Å². The Morgan fingerprint density at radius 3 is 2.75 bits per heavy atom. The third-order valence-electron chi connectivity index (χ3n) is 3.67. The highest BCUT2D eigenvalue weighted by Gasteiger charge is 2.26. The summed E-state index contributed by atoms with van der Waals surface area (Å²) in [5, 5.41) is 3.38. The van der Waals surface area contributed by atoms with Crippen LogP contribution >= 0.6 is 0 Å². The zero-order chi connectivity index (χ0) is 10.8. The third-order valence-corrected chi connectivity index (χ3v) is 3.67. The van der Waals surface area contributed by atoms with Crippen LogP contribution in [0.1, 0.15) is 30.9 Å². The summed E-state index contributed by atoms with van der Waals surface area (Å²) in [4.78, 5) is 11.1. The average Bonchev–Trinajstić information content (AvgIpc) is 2.29. The fraction of sp³-hybridized carbons (Fsp3) is 0.667. The van der Waals surface area contributed by atoms with E-state index in [4.69, 9.17) is 0 Å². The molecule has 1 saturated carbocycles. The topological polar surface area (TPSA) is 41.1 Å². The smallest absolute Gasteiger partial charge is 0.115 e. The van der Waals surface area contributed by atoms with Crippen LogP contribution in [0.4, 0.5) is 5.69 Å². The normalized spacial score (nSPS) is 21.9. The van der Waals surface area contributed by atoms with E-state index >= 15 is 0 Å². The molecule has 2 aliphatic rings. The Hall–Kier alpha value is -1.16. The van der Waals surface area contributed by atoms with Crippen molar-refractivity contribution in [3.05, 3.63) is 18.2 Å². The number of piperazine rings is 1. The first-order valence-electron chi connectivity index (χ1n) is 6.21. The Balaban J connectivity index is 1.86. The molecule has 2 heterocycles. The van der Waals surface area contributed by atoms with Crippen molar-refractivity contribution in [1.29, 1.82) is 0 Å². The minimum atomic E-state index is 0.688. The summed E-state index contributed by atoms with van der Waals surface area (Å²) < 4.78 is 0. The number of anilines is 1. The number of nitrogens with one attached hydrogen (secondary N) is 1. The van der Waals surface area contributed by atoms with Gasteiger partial charge in [-0.1, -0.05) is 6.42 Å². The summed E-state index contributed by atoms with van der Waals surface area (Å²) in [6.07, 6.45) is 7.65. The third kappa shape index (κ3) is 1.78. The first-order chi connectivity index (χ1) is 7.95. The van der Waals surface area contributed by atoms with Gasteiger partial charge >= 0.3 is 0 Å². The first kappa shape index (κ1) is 10.0. The van der Waals surface area contributed by atoms with Crippen LogP contribution in [0.5, 0.6) is 0 Å². The maximum atomic E-state index is 4.50. The lowest BCUT2D eigenvalue weighted by Crippen LogP contribution is -2.44. The van der Waals surface area contributed by atoms with Crippen molar-refractivity contribution >= 4 is 5.69 Å². The Kier molecular flexibility index (Phi) is 2.74. The molecule has 0 radical (unpaired) electrons. The molecule has 0 spiro atoms. The molecule has 2 fully saturated rings. The molecular weight excluding hydrogens is 200 g/mol. The van der Waals surface area contributed by atoms with E-state index in [2.05, 4.69) is 20.2 Å². The van der Waals surface area contributed by atoms with Gasteiger partial charge in [-0.05, 0) is 12.8 Å². The molecule has 3 rings (SSSR count). The zero-order valence-electron chi connectivity index (χ0n) is 9.52. The highest BCUT2D eigenvalue weighted by Crippen LogP contribution is 2.39. The molecule has 0 amide bonds. The molecule has 0 aromatic carbocycles. The van der Waals surface area contributed by atoms with E-state index in [9.17, 15) is 0 Å². The van der Waals surface area contributed by atoms with Gasteiger partial charge in [-0.15, -0.1) is 0 Å². The lowest BCUT2D eigenvalue weighted by atomic mass is 9.82. The second-order valence-corrected chi connectivity index (χ2v) is 4.66. The van der Waals surface area contributed by atoms with E-state index in [1.807, 2.05) is 6.20 Å². The molecule has 0 bridgehead atoms. The molecule has 1 aliphatic heterocycles. The standard InChI is InChI=1S/C12H18N4/c1-2-10(3-1)12-11(8-14-9-15-12)16-6-4-13-5-7-16/h8-10,13H,1-7H2. The number of hydrogen-bond donors (Lipinski definition) is 1. The van der Waals surface area contributed by atoms with E-state index in [1.54, 1.807) is 6.33 Å². The molecule has 0 atom stereocenters. The van der Waals surface area contributed by atoms with Crippen molar-refractivity contribution in [2.24, 2.45) is 0 Å². The monoisotopic (exact) mass is 218 g/mol. The van der Waals surface area contributed by atoms with Crippen molar-refractivity contribution in [2.75, 3.05) is 31.1 Å². The Morgan fingerprint density at radius 2 is 2.06 bits per heavy atom. The predicted molar refractivity (Wildman–Crippen MR) is 63.7 cm³/mol. The summed E-state index contributed by atoms with van der Waals surface area (Å²) in [6, 6.07) is 0. The van der Waals surface area contributed by atoms with Gasteiger partial charge in [-0.2, -0.15) is 0 Å². The molecule has 86 valence electrons. The Bertz CT molecular complexity index is 356. The molecule has 1 aromatic heterocycles. The summed E-state index contributed by atoms with van der Waals surface area (Å²) in [5.74, 6) is 0.688. The highest BCUT2D eigenvalue weighted by molar-refractivity contribution is 5.51. The van der Waals surface area contributed by atoms with Crippen LogP contribution in [0.15, 0.2) is 12.5 Å². The lowest BCUT2D eigenvalue weighted by molar-refractivity contribution is 0.409. The number of aromatic nitrogens is 2. The van der Waals surface area contributed by atoms with E-state index in [-0.39, 0.29) is 0 Å². The molecule has 16 heavy (non-hydrogen) atoms. The van der Waals surface area contributed by atoms with Gasteiger partial charge in [0.25, 0.3) is 0 Å². The van der Waals surface area contributed by atoms with Crippen LogP contribution in [-0.4, -0.2) is 36.1 Å². The minimum Gasteiger partial charge on any atom is -0.366 e. The molecule has 0 unspecified atom stereocenters. The Morgan fingerprint density at radius 1 is 1.25 bits per heavy atom. The van der Waals surface area contributed by atoms with Gasteiger partial charge in [0.05, 0.1) is 17.6 Å². The van der Waals surface area contributed by atoms with Crippen LogP contribution in [0.3, 0.4) is 0 Å². The fourth-order valence-electron chi connectivity index (χ4n) is 2.48. The summed E-state index contributed by atoms with van der Waals surface area (Å²) in [5.41, 5.74) is 2.55. The van der Waals surface area contributed by atoms with Crippen LogP contribution < -0.4 is 10.2 Å². The summed E-state index contributed by atoms with van der Waals surface area (Å²) in [6.45, 7) is 4.29. The maximum absolute atomic E-state index is 4.50. The second-order valence-electron chi connectivity index (χ2n) is 4.66. The zero-order valence-corrected chi connectivity index (χ0v) is 9.52. The molecular formula is C12H18N4. The number of rotatable bonds is 2. The van der Waals surface area contributed by atoms with E-state index < -0.39 is 0 Å². The van der Waals surface area contributed by atoms with Gasteiger partial charge in [0.2, 0.25) is 0 Å². The van der Waals surface area contributed by atoms with E-state index in [1.165, 1.54) is 30.6 Å². The average molecular weight is 218 g/mol. The number of hydrogen-bond acceptors (Lipinski definition) is 4. The summed E-state index contributed by atoms with van der Waals surface area (Å²) >= 11 is 0. The SMILES string of the molecule is c1ncc(N2CCNCC2)c(C2CCC2)n1. The molecule has 1 saturated heterocycles. The van der Waals surface area contributed by atoms with Crippen molar-refractivity contribution in [3.8, 4) is 0 Å². The summed E-state index contributed by atoms with van der Waals surface area (Å²) in [7, 11) is 0. The molecule has 1 aromatic rings. The van der Waals surface area contributed by atoms with Crippen molar-refractivity contribution in [2.45, 2.75) is 25.2 Å². The molecule has 1 aliphatic carbocycles. The van der Waals surface area contributed by atoms with Gasteiger partial charge in [-0.3, -0.25) is 0 Å². The second kappa shape index (κ2) is 4.37. The van der Waals surface area contributed by atoms with Gasteiger partial charge in [-0.25, -0.2) is 9.97 Å². The van der Waals surface area contributed by atoms with Crippen LogP contribution in [0.25, 0.3) is 0 Å².